The van der Waals surface area contributed by atoms with E-state index >= 15 is 0 Å². The van der Waals surface area contributed by atoms with E-state index in [9.17, 15) is 5.11 Å². The third kappa shape index (κ3) is 1.35. The van der Waals surface area contributed by atoms with Gasteiger partial charge in [-0.2, -0.15) is 0 Å². The molecule has 1 aliphatic carbocycles. The second kappa shape index (κ2) is 4.36. The highest BCUT2D eigenvalue weighted by atomic mass is 16.3. The number of rotatable bonds is 1. The molecule has 1 spiro atoms. The normalized spacial score (nSPS) is 43.8. The lowest BCUT2D eigenvalue weighted by atomic mass is 9.56. The van der Waals surface area contributed by atoms with Crippen LogP contribution in [0.3, 0.4) is 0 Å². The molecule has 3 aliphatic heterocycles. The average Bonchev–Trinajstić information content (AvgIpc) is 3.11. The van der Waals surface area contributed by atoms with Crippen LogP contribution in [0.5, 0.6) is 0 Å². The van der Waals surface area contributed by atoms with E-state index in [1.54, 1.807) is 5.57 Å². The molecule has 2 N–H and O–H groups in total. The second-order valence-electron chi connectivity index (χ2n) is 7.50. The van der Waals surface area contributed by atoms with Gasteiger partial charge in [0.25, 0.3) is 0 Å². The number of benzene rings is 1. The molecule has 4 aliphatic rings. The van der Waals surface area contributed by atoms with Gasteiger partial charge >= 0.3 is 0 Å². The average molecular weight is 296 g/mol. The van der Waals surface area contributed by atoms with E-state index in [0.717, 1.165) is 6.54 Å². The molecule has 1 saturated carbocycles. The van der Waals surface area contributed by atoms with Crippen LogP contribution in [0.4, 0.5) is 5.69 Å². The Hall–Kier alpha value is -1.32. The molecule has 3 nitrogen and oxygen atoms in total. The molecule has 0 aromatic heterocycles. The van der Waals surface area contributed by atoms with Crippen LogP contribution < -0.4 is 5.32 Å². The molecular formula is C19H24N2O. The van der Waals surface area contributed by atoms with Gasteiger partial charge in [-0.1, -0.05) is 29.8 Å². The number of hydrogen-bond acceptors (Lipinski definition) is 3. The van der Waals surface area contributed by atoms with Gasteiger partial charge < -0.3 is 10.4 Å². The lowest BCUT2D eigenvalue weighted by molar-refractivity contribution is 0.0298. The van der Waals surface area contributed by atoms with Gasteiger partial charge in [0.2, 0.25) is 0 Å². The highest BCUT2D eigenvalue weighted by Gasteiger charge is 2.64. The molecule has 0 amide bonds. The van der Waals surface area contributed by atoms with Crippen LogP contribution >= 0.6 is 0 Å². The third-order valence-corrected chi connectivity index (χ3v) is 7.01. The van der Waals surface area contributed by atoms with Crippen molar-refractivity contribution < 1.29 is 5.11 Å². The number of fused-ring (bicyclic) bond motifs is 2. The maximum absolute atomic E-state index is 10.2. The van der Waals surface area contributed by atoms with Crippen molar-refractivity contribution in [3.63, 3.8) is 0 Å². The quantitative estimate of drug-likeness (QED) is 0.781. The number of anilines is 1. The summed E-state index contributed by atoms with van der Waals surface area (Å²) in [5, 5.41) is 14.0. The van der Waals surface area contributed by atoms with Crippen molar-refractivity contribution in [1.82, 2.24) is 4.90 Å². The van der Waals surface area contributed by atoms with Gasteiger partial charge in [-0.05, 0) is 43.9 Å². The van der Waals surface area contributed by atoms with E-state index < -0.39 is 0 Å². The predicted octanol–water partition coefficient (Wildman–Crippen LogP) is 2.38. The van der Waals surface area contributed by atoms with Crippen molar-refractivity contribution in [3.05, 3.63) is 41.5 Å². The van der Waals surface area contributed by atoms with Gasteiger partial charge in [0, 0.05) is 42.3 Å². The van der Waals surface area contributed by atoms with E-state index in [1.807, 2.05) is 0 Å². The highest BCUT2D eigenvalue weighted by Crippen LogP contribution is 2.60. The van der Waals surface area contributed by atoms with Gasteiger partial charge in [-0.15, -0.1) is 0 Å². The molecule has 3 unspecified atom stereocenters. The Morgan fingerprint density at radius 1 is 1.41 bits per heavy atom. The first-order valence-corrected chi connectivity index (χ1v) is 8.65. The first-order chi connectivity index (χ1) is 10.8. The zero-order chi connectivity index (χ0) is 14.9. The minimum Gasteiger partial charge on any atom is -0.396 e. The van der Waals surface area contributed by atoms with Crippen LogP contribution in [-0.2, 0) is 5.41 Å². The number of para-hydroxylation sites is 1. The number of hydrogen-bond donors (Lipinski definition) is 2. The van der Waals surface area contributed by atoms with Crippen LogP contribution in [0.15, 0.2) is 35.9 Å². The molecular weight excluding hydrogens is 272 g/mol. The minimum absolute atomic E-state index is 0.222. The van der Waals surface area contributed by atoms with Crippen LogP contribution in [0.2, 0.25) is 0 Å². The topological polar surface area (TPSA) is 35.5 Å². The van der Waals surface area contributed by atoms with Crippen molar-refractivity contribution in [2.75, 3.05) is 25.0 Å². The number of aliphatic hydroxyl groups excluding tert-OH is 1. The number of nitrogens with zero attached hydrogens (tertiary/aromatic N) is 1. The molecule has 2 saturated heterocycles. The minimum atomic E-state index is 0.222. The Bertz CT molecular complexity index is 655. The number of piperidine rings is 1. The monoisotopic (exact) mass is 296 g/mol. The van der Waals surface area contributed by atoms with Crippen LogP contribution in [-0.4, -0.2) is 41.8 Å². The Labute approximate surface area is 132 Å². The third-order valence-electron chi connectivity index (χ3n) is 7.01. The Morgan fingerprint density at radius 2 is 2.27 bits per heavy atom. The largest absolute Gasteiger partial charge is 0.396 e. The Balaban J connectivity index is 1.71. The second-order valence-corrected chi connectivity index (χ2v) is 7.50. The van der Waals surface area contributed by atoms with E-state index in [-0.39, 0.29) is 5.41 Å². The number of allylic oxidation sites excluding steroid dienone is 1. The molecule has 2 bridgehead atoms. The molecule has 22 heavy (non-hydrogen) atoms. The van der Waals surface area contributed by atoms with Crippen molar-refractivity contribution >= 4 is 5.69 Å². The lowest BCUT2D eigenvalue weighted by Gasteiger charge is -2.54. The molecule has 3 fully saturated rings. The fraction of sp³-hybridized carbons (Fsp3) is 0.579. The molecule has 3 heterocycles. The summed E-state index contributed by atoms with van der Waals surface area (Å²) in [4.78, 5) is 2.70. The summed E-state index contributed by atoms with van der Waals surface area (Å²) < 4.78 is 0. The molecule has 3 heteroatoms. The van der Waals surface area contributed by atoms with Gasteiger partial charge in [0.05, 0.1) is 0 Å². The van der Waals surface area contributed by atoms with E-state index in [1.165, 1.54) is 30.6 Å². The zero-order valence-corrected chi connectivity index (χ0v) is 13.1. The van der Waals surface area contributed by atoms with Crippen molar-refractivity contribution in [1.29, 1.82) is 0 Å². The van der Waals surface area contributed by atoms with Gasteiger partial charge in [-0.3, -0.25) is 4.90 Å². The maximum atomic E-state index is 10.2. The fourth-order valence-electron chi connectivity index (χ4n) is 6.13. The smallest absolute Gasteiger partial charge is 0.0484 e. The van der Waals surface area contributed by atoms with Crippen LogP contribution in [0, 0.1) is 11.8 Å². The molecule has 1 aromatic rings. The molecule has 0 radical (unpaired) electrons. The van der Waals surface area contributed by atoms with Crippen LogP contribution in [0.25, 0.3) is 0 Å². The zero-order valence-electron chi connectivity index (χ0n) is 13.1. The molecule has 1 aromatic carbocycles. The number of nitrogens with one attached hydrogen (secondary N) is 1. The van der Waals surface area contributed by atoms with E-state index in [2.05, 4.69) is 47.5 Å². The van der Waals surface area contributed by atoms with Crippen LogP contribution in [0.1, 0.15) is 25.3 Å². The predicted molar refractivity (Wildman–Crippen MR) is 87.9 cm³/mol. The van der Waals surface area contributed by atoms with Crippen molar-refractivity contribution in [2.24, 2.45) is 11.8 Å². The van der Waals surface area contributed by atoms with Gasteiger partial charge in [-0.25, -0.2) is 0 Å². The van der Waals surface area contributed by atoms with E-state index in [4.69, 9.17) is 0 Å². The summed E-state index contributed by atoms with van der Waals surface area (Å²) in [5.41, 5.74) is 4.58. The summed E-state index contributed by atoms with van der Waals surface area (Å²) in [6, 6.07) is 9.89. The first kappa shape index (κ1) is 13.1. The summed E-state index contributed by atoms with van der Waals surface area (Å²) in [5.74, 6) is 0.893. The molecule has 5 rings (SSSR count). The van der Waals surface area contributed by atoms with Gasteiger partial charge in [0.1, 0.15) is 0 Å². The standard InChI is InChI=1S/C19H24N2O/c1-2-12-10-21-8-7-19-15-5-3-4-6-16(15)20-18(19)14(11-22)13(12)9-17(19)21/h2-6,13-14,17-18,20,22H,7-11H2,1H3/b12-2-/t13-,14+,17?,18?,19?/m0/s1. The Kier molecular flexibility index (Phi) is 2.61. The van der Waals surface area contributed by atoms with Crippen molar-refractivity contribution in [3.8, 4) is 0 Å². The summed E-state index contributed by atoms with van der Waals surface area (Å²) in [7, 11) is 0. The number of aliphatic hydroxyl groups is 1. The lowest BCUT2D eigenvalue weighted by Crippen LogP contribution is -2.62. The maximum Gasteiger partial charge on any atom is 0.0484 e. The fourth-order valence-corrected chi connectivity index (χ4v) is 6.13. The molecule has 116 valence electrons. The Morgan fingerprint density at radius 3 is 3.09 bits per heavy atom. The van der Waals surface area contributed by atoms with E-state index in [0.29, 0.717) is 30.5 Å². The van der Waals surface area contributed by atoms with Crippen molar-refractivity contribution in [2.45, 2.75) is 37.3 Å². The summed E-state index contributed by atoms with van der Waals surface area (Å²) >= 11 is 0. The SMILES string of the molecule is C/C=C1/CN2CCC34c5ccccc5NC3[C@H](CO)[C@H]1CC24. The first-order valence-electron chi connectivity index (χ1n) is 8.65. The highest BCUT2D eigenvalue weighted by molar-refractivity contribution is 5.65. The van der Waals surface area contributed by atoms with Gasteiger partial charge in [0.15, 0.2) is 0 Å². The molecule has 5 atom stereocenters. The summed E-state index contributed by atoms with van der Waals surface area (Å²) in [6.07, 6.45) is 4.75. The summed E-state index contributed by atoms with van der Waals surface area (Å²) in [6.45, 7) is 4.76.